The van der Waals surface area contributed by atoms with Gasteiger partial charge in [0.05, 0.1) is 16.6 Å². The van der Waals surface area contributed by atoms with Gasteiger partial charge >= 0.3 is 0 Å². The highest BCUT2D eigenvalue weighted by molar-refractivity contribution is 9.10. The Morgan fingerprint density at radius 3 is 2.62 bits per heavy atom. The fourth-order valence-electron chi connectivity index (χ4n) is 1.48. The summed E-state index contributed by atoms with van der Waals surface area (Å²) in [5.41, 5.74) is 6.44. The molecular weight excluding hydrogens is 293 g/mol. The topological polar surface area (TPSA) is 66.5 Å². The lowest BCUT2D eigenvalue weighted by Crippen LogP contribution is -2.26. The highest BCUT2D eigenvalue weighted by Crippen LogP contribution is 2.32. The zero-order chi connectivity index (χ0) is 11.4. The van der Waals surface area contributed by atoms with Crippen molar-refractivity contribution in [3.63, 3.8) is 0 Å². The maximum absolute atomic E-state index is 9.75. The lowest BCUT2D eigenvalue weighted by Gasteiger charge is -2.19. The normalized spacial score (nSPS) is 14.0. The number of hydrogen-bond donors (Lipinski definition) is 3. The van der Waals surface area contributed by atoms with Gasteiger partial charge in [0.2, 0.25) is 0 Å². The lowest BCUT2D eigenvalue weighted by atomic mass is 9.98. The summed E-state index contributed by atoms with van der Waals surface area (Å²) in [7, 11) is 0. The molecular formula is C11H17BrClNO2. The molecule has 2 atom stereocenters. The molecule has 0 heterocycles. The summed E-state index contributed by atoms with van der Waals surface area (Å²) in [5.74, 6) is 0.111. The second-order valence-electron chi connectivity index (χ2n) is 3.56. The van der Waals surface area contributed by atoms with E-state index in [0.717, 1.165) is 6.42 Å². The quantitative estimate of drug-likeness (QED) is 0.801. The fraction of sp³-hybridized carbons (Fsp3) is 0.455. The van der Waals surface area contributed by atoms with Crippen LogP contribution in [-0.4, -0.2) is 16.3 Å². The number of aliphatic hydroxyl groups excluding tert-OH is 1. The Labute approximate surface area is 110 Å². The van der Waals surface area contributed by atoms with Crippen LogP contribution in [0.4, 0.5) is 0 Å². The number of rotatable bonds is 4. The van der Waals surface area contributed by atoms with E-state index in [1.807, 2.05) is 6.92 Å². The van der Waals surface area contributed by atoms with Gasteiger partial charge in [0.15, 0.2) is 0 Å². The van der Waals surface area contributed by atoms with Gasteiger partial charge in [-0.15, -0.1) is 12.4 Å². The number of hydrogen-bond acceptors (Lipinski definition) is 3. The minimum absolute atomic E-state index is 0. The van der Waals surface area contributed by atoms with Gasteiger partial charge in [0, 0.05) is 5.56 Å². The van der Waals surface area contributed by atoms with Gasteiger partial charge in [-0.1, -0.05) is 25.5 Å². The second kappa shape index (κ2) is 7.12. The number of aromatic hydroxyl groups is 1. The highest BCUT2D eigenvalue weighted by Gasteiger charge is 2.19. The Balaban J connectivity index is 0.00000225. The second-order valence-corrected chi connectivity index (χ2v) is 4.41. The molecule has 0 spiro atoms. The van der Waals surface area contributed by atoms with Crippen LogP contribution in [0.1, 0.15) is 31.4 Å². The van der Waals surface area contributed by atoms with Gasteiger partial charge in [0.25, 0.3) is 0 Å². The van der Waals surface area contributed by atoms with Gasteiger partial charge in [-0.25, -0.2) is 0 Å². The molecule has 4 N–H and O–H groups in total. The molecule has 0 bridgehead atoms. The minimum atomic E-state index is -0.616. The van der Waals surface area contributed by atoms with E-state index in [9.17, 15) is 10.2 Å². The Hall–Kier alpha value is -0.290. The summed E-state index contributed by atoms with van der Waals surface area (Å²) in [6.07, 6.45) is 0.881. The zero-order valence-electron chi connectivity index (χ0n) is 9.06. The number of para-hydroxylation sites is 1. The van der Waals surface area contributed by atoms with Crippen molar-refractivity contribution in [1.82, 2.24) is 0 Å². The van der Waals surface area contributed by atoms with Crippen molar-refractivity contribution in [2.75, 3.05) is 0 Å². The van der Waals surface area contributed by atoms with Crippen LogP contribution in [0, 0.1) is 0 Å². The highest BCUT2D eigenvalue weighted by atomic mass is 79.9. The predicted octanol–water partition coefficient (Wildman–Crippen LogP) is 2.74. The SMILES string of the molecule is CCC[C@H](O)[C@H](N)c1cccc(Br)c1O.Cl. The van der Waals surface area contributed by atoms with Crippen molar-refractivity contribution in [3.05, 3.63) is 28.2 Å². The van der Waals surface area contributed by atoms with Gasteiger partial charge in [-0.2, -0.15) is 0 Å². The predicted molar refractivity (Wildman–Crippen MR) is 70.9 cm³/mol. The maximum atomic E-state index is 9.75. The molecule has 0 unspecified atom stereocenters. The van der Waals surface area contributed by atoms with Crippen molar-refractivity contribution in [2.24, 2.45) is 5.73 Å². The Kier molecular flexibility index (Phi) is 6.99. The summed E-state index contributed by atoms with van der Waals surface area (Å²) in [4.78, 5) is 0. The maximum Gasteiger partial charge on any atom is 0.134 e. The van der Waals surface area contributed by atoms with E-state index in [1.165, 1.54) is 0 Å². The molecule has 0 saturated heterocycles. The van der Waals surface area contributed by atoms with E-state index in [1.54, 1.807) is 18.2 Å². The number of phenolic OH excluding ortho intramolecular Hbond substituents is 1. The minimum Gasteiger partial charge on any atom is -0.506 e. The molecule has 1 rings (SSSR count). The van der Waals surface area contributed by atoms with Gasteiger partial charge < -0.3 is 15.9 Å². The van der Waals surface area contributed by atoms with Crippen molar-refractivity contribution >= 4 is 28.3 Å². The third-order valence-corrected chi connectivity index (χ3v) is 3.02. The van der Waals surface area contributed by atoms with Crippen LogP contribution in [0.2, 0.25) is 0 Å². The Morgan fingerprint density at radius 2 is 2.06 bits per heavy atom. The molecule has 0 aliphatic rings. The van der Waals surface area contributed by atoms with Crippen molar-refractivity contribution in [2.45, 2.75) is 31.9 Å². The number of phenols is 1. The molecule has 16 heavy (non-hydrogen) atoms. The molecule has 3 nitrogen and oxygen atoms in total. The summed E-state index contributed by atoms with van der Waals surface area (Å²) >= 11 is 3.22. The number of halogens is 2. The van der Waals surface area contributed by atoms with E-state index < -0.39 is 12.1 Å². The van der Waals surface area contributed by atoms with Gasteiger partial charge in [-0.3, -0.25) is 0 Å². The standard InChI is InChI=1S/C11H16BrNO2.ClH/c1-2-4-9(14)10(13)7-5-3-6-8(12)11(7)15;/h3,5-6,9-10,14-15H,2,4,13H2,1H3;1H/t9-,10+;/m0./s1. The average Bonchev–Trinajstić information content (AvgIpc) is 2.21. The largest absolute Gasteiger partial charge is 0.506 e. The average molecular weight is 311 g/mol. The molecule has 0 aromatic heterocycles. The van der Waals surface area contributed by atoms with Crippen LogP contribution in [0.25, 0.3) is 0 Å². The molecule has 1 aromatic rings. The van der Waals surface area contributed by atoms with Crippen LogP contribution in [-0.2, 0) is 0 Å². The van der Waals surface area contributed by atoms with Crippen LogP contribution in [0.15, 0.2) is 22.7 Å². The third kappa shape index (κ3) is 3.63. The summed E-state index contributed by atoms with van der Waals surface area (Å²) < 4.78 is 0.596. The molecule has 0 aliphatic carbocycles. The molecule has 0 fully saturated rings. The molecule has 0 radical (unpaired) electrons. The van der Waals surface area contributed by atoms with E-state index in [4.69, 9.17) is 5.73 Å². The van der Waals surface area contributed by atoms with Crippen LogP contribution >= 0.6 is 28.3 Å². The molecule has 1 aromatic carbocycles. The molecule has 0 saturated carbocycles. The number of aliphatic hydroxyl groups is 1. The molecule has 5 heteroatoms. The molecule has 92 valence electrons. The monoisotopic (exact) mass is 309 g/mol. The van der Waals surface area contributed by atoms with E-state index in [-0.39, 0.29) is 18.2 Å². The number of benzene rings is 1. The first-order valence-corrected chi connectivity index (χ1v) is 5.78. The summed E-state index contributed by atoms with van der Waals surface area (Å²) in [5, 5.41) is 19.5. The summed E-state index contributed by atoms with van der Waals surface area (Å²) in [6, 6.07) is 4.71. The Morgan fingerprint density at radius 1 is 1.44 bits per heavy atom. The van der Waals surface area contributed by atoms with Crippen molar-refractivity contribution in [3.8, 4) is 5.75 Å². The summed E-state index contributed by atoms with van der Waals surface area (Å²) in [6.45, 7) is 1.98. The zero-order valence-corrected chi connectivity index (χ0v) is 11.5. The van der Waals surface area contributed by atoms with Crippen molar-refractivity contribution in [1.29, 1.82) is 0 Å². The van der Waals surface area contributed by atoms with Crippen molar-refractivity contribution < 1.29 is 10.2 Å². The first-order chi connectivity index (χ1) is 7.07. The van der Waals surface area contributed by atoms with Gasteiger partial charge in [0.1, 0.15) is 5.75 Å². The Bertz CT molecular complexity index is 336. The smallest absolute Gasteiger partial charge is 0.134 e. The van der Waals surface area contributed by atoms with E-state index >= 15 is 0 Å². The van der Waals surface area contributed by atoms with E-state index in [2.05, 4.69) is 15.9 Å². The number of nitrogens with two attached hydrogens (primary N) is 1. The molecule has 0 aliphatic heterocycles. The fourth-order valence-corrected chi connectivity index (χ4v) is 1.87. The van der Waals surface area contributed by atoms with Crippen LogP contribution < -0.4 is 5.73 Å². The van der Waals surface area contributed by atoms with E-state index in [0.29, 0.717) is 16.5 Å². The molecule has 0 amide bonds. The van der Waals surface area contributed by atoms with Crippen LogP contribution in [0.5, 0.6) is 5.75 Å². The lowest BCUT2D eigenvalue weighted by molar-refractivity contribution is 0.133. The van der Waals surface area contributed by atoms with Crippen LogP contribution in [0.3, 0.4) is 0 Å². The first-order valence-electron chi connectivity index (χ1n) is 4.99. The third-order valence-electron chi connectivity index (χ3n) is 2.38. The first kappa shape index (κ1) is 15.7. The van der Waals surface area contributed by atoms with Gasteiger partial charge in [-0.05, 0) is 28.4 Å².